The van der Waals surface area contributed by atoms with Gasteiger partial charge in [-0.15, -0.1) is 0 Å². The van der Waals surface area contributed by atoms with Gasteiger partial charge < -0.3 is 5.32 Å². The Hall–Kier alpha value is -1.91. The molecule has 2 heterocycles. The maximum Gasteiger partial charge on any atom is 0.152 e. The molecule has 0 aromatic carbocycles. The van der Waals surface area contributed by atoms with Crippen LogP contribution in [0.25, 0.3) is 0 Å². The van der Waals surface area contributed by atoms with Crippen molar-refractivity contribution in [3.05, 3.63) is 35.5 Å². The molecule has 0 spiro atoms. The number of nitrogens with one attached hydrogen (secondary N) is 1. The van der Waals surface area contributed by atoms with Gasteiger partial charge in [0.15, 0.2) is 5.82 Å². The van der Waals surface area contributed by atoms with Crippen LogP contribution in [0.15, 0.2) is 18.3 Å². The Balaban J connectivity index is 2.24. The first-order valence-corrected chi connectivity index (χ1v) is 5.20. The average Bonchev–Trinajstić information content (AvgIpc) is 2.63. The van der Waals surface area contributed by atoms with Crippen molar-refractivity contribution in [1.82, 2.24) is 19.7 Å². The van der Waals surface area contributed by atoms with Gasteiger partial charge in [0.1, 0.15) is 12.4 Å². The van der Waals surface area contributed by atoms with Crippen LogP contribution in [-0.4, -0.2) is 26.8 Å². The van der Waals surface area contributed by atoms with E-state index in [1.165, 1.54) is 0 Å². The molecular weight excluding hydrogens is 202 g/mol. The molecule has 16 heavy (non-hydrogen) atoms. The van der Waals surface area contributed by atoms with Crippen molar-refractivity contribution >= 4 is 5.82 Å². The third-order valence-corrected chi connectivity index (χ3v) is 2.23. The Bertz CT molecular complexity index is 489. The lowest BCUT2D eigenvalue weighted by Gasteiger charge is -2.05. The second kappa shape index (κ2) is 4.30. The molecular formula is C11H15N5. The summed E-state index contributed by atoms with van der Waals surface area (Å²) in [4.78, 5) is 8.75. The zero-order valence-corrected chi connectivity index (χ0v) is 9.73. The van der Waals surface area contributed by atoms with Crippen molar-refractivity contribution in [2.75, 3.05) is 12.4 Å². The number of aryl methyl sites for hydroxylation is 2. The predicted octanol–water partition coefficient (Wildman–Crippen LogP) is 1.38. The topological polar surface area (TPSA) is 55.6 Å². The molecule has 0 aliphatic heterocycles. The number of aromatic nitrogens is 4. The Morgan fingerprint density at radius 2 is 2.06 bits per heavy atom. The minimum absolute atomic E-state index is 0.601. The van der Waals surface area contributed by atoms with Crippen molar-refractivity contribution < 1.29 is 0 Å². The third-order valence-electron chi connectivity index (χ3n) is 2.23. The van der Waals surface area contributed by atoms with Crippen LogP contribution in [0.5, 0.6) is 0 Å². The first-order valence-electron chi connectivity index (χ1n) is 5.20. The van der Waals surface area contributed by atoms with Gasteiger partial charge >= 0.3 is 0 Å². The summed E-state index contributed by atoms with van der Waals surface area (Å²) in [7, 11) is 1.85. The van der Waals surface area contributed by atoms with E-state index < -0.39 is 0 Å². The molecule has 0 aliphatic rings. The number of rotatable bonds is 3. The molecule has 0 aliphatic carbocycles. The summed E-state index contributed by atoms with van der Waals surface area (Å²) in [5, 5.41) is 7.33. The summed E-state index contributed by atoms with van der Waals surface area (Å²) in [6.45, 7) is 4.52. The first-order chi connectivity index (χ1) is 7.67. The van der Waals surface area contributed by atoms with Gasteiger partial charge in [0.2, 0.25) is 0 Å². The Morgan fingerprint density at radius 3 is 2.69 bits per heavy atom. The molecule has 0 unspecified atom stereocenters. The SMILES string of the molecule is CNc1cc(C)nc(Cn2ccc(C)n2)n1. The first kappa shape index (κ1) is 10.6. The maximum absolute atomic E-state index is 4.37. The summed E-state index contributed by atoms with van der Waals surface area (Å²) in [6.07, 6.45) is 1.93. The molecule has 0 bridgehead atoms. The van der Waals surface area contributed by atoms with Gasteiger partial charge in [-0.25, -0.2) is 9.97 Å². The lowest BCUT2D eigenvalue weighted by molar-refractivity contribution is 0.648. The summed E-state index contributed by atoms with van der Waals surface area (Å²) in [5.41, 5.74) is 1.96. The van der Waals surface area contributed by atoms with Crippen molar-refractivity contribution in [3.8, 4) is 0 Å². The summed E-state index contributed by atoms with van der Waals surface area (Å²) < 4.78 is 1.84. The smallest absolute Gasteiger partial charge is 0.152 e. The molecule has 0 radical (unpaired) electrons. The highest BCUT2D eigenvalue weighted by Gasteiger charge is 2.02. The van der Waals surface area contributed by atoms with Gasteiger partial charge in [-0.3, -0.25) is 4.68 Å². The van der Waals surface area contributed by atoms with E-state index >= 15 is 0 Å². The predicted molar refractivity (Wildman–Crippen MR) is 62.4 cm³/mol. The highest BCUT2D eigenvalue weighted by molar-refractivity contribution is 5.34. The largest absolute Gasteiger partial charge is 0.373 e. The van der Waals surface area contributed by atoms with E-state index in [0.717, 1.165) is 23.0 Å². The normalized spacial score (nSPS) is 10.4. The quantitative estimate of drug-likeness (QED) is 0.844. The minimum Gasteiger partial charge on any atom is -0.373 e. The van der Waals surface area contributed by atoms with E-state index in [1.807, 2.05) is 43.9 Å². The highest BCUT2D eigenvalue weighted by Crippen LogP contribution is 2.06. The van der Waals surface area contributed by atoms with Crippen LogP contribution >= 0.6 is 0 Å². The second-order valence-corrected chi connectivity index (χ2v) is 3.72. The number of hydrogen-bond acceptors (Lipinski definition) is 4. The molecule has 2 aromatic rings. The molecule has 0 saturated carbocycles. The molecule has 5 nitrogen and oxygen atoms in total. The monoisotopic (exact) mass is 217 g/mol. The van der Waals surface area contributed by atoms with Crippen molar-refractivity contribution in [3.63, 3.8) is 0 Å². The molecule has 84 valence electrons. The molecule has 1 N–H and O–H groups in total. The van der Waals surface area contributed by atoms with Crippen LogP contribution in [0, 0.1) is 13.8 Å². The zero-order chi connectivity index (χ0) is 11.5. The summed E-state index contributed by atoms with van der Waals surface area (Å²) >= 11 is 0. The maximum atomic E-state index is 4.37. The van der Waals surface area contributed by atoms with Gasteiger partial charge in [0.25, 0.3) is 0 Å². The lowest BCUT2D eigenvalue weighted by atomic mass is 10.4. The minimum atomic E-state index is 0.601. The molecule has 0 amide bonds. The van der Waals surface area contributed by atoms with Crippen LogP contribution < -0.4 is 5.32 Å². The van der Waals surface area contributed by atoms with E-state index in [0.29, 0.717) is 6.54 Å². The summed E-state index contributed by atoms with van der Waals surface area (Å²) in [5.74, 6) is 1.61. The van der Waals surface area contributed by atoms with Gasteiger partial charge in [0, 0.05) is 25.0 Å². The van der Waals surface area contributed by atoms with Crippen molar-refractivity contribution in [2.45, 2.75) is 20.4 Å². The third kappa shape index (κ3) is 2.36. The van der Waals surface area contributed by atoms with Crippen LogP contribution in [0.2, 0.25) is 0 Å². The van der Waals surface area contributed by atoms with E-state index in [1.54, 1.807) is 0 Å². The Morgan fingerprint density at radius 1 is 1.25 bits per heavy atom. The van der Waals surface area contributed by atoms with Crippen LogP contribution in [0.4, 0.5) is 5.82 Å². The molecule has 2 rings (SSSR count). The lowest BCUT2D eigenvalue weighted by Crippen LogP contribution is -2.07. The molecule has 0 fully saturated rings. The van der Waals surface area contributed by atoms with Gasteiger partial charge in [-0.05, 0) is 19.9 Å². The number of nitrogens with zero attached hydrogens (tertiary/aromatic N) is 4. The number of hydrogen-bond donors (Lipinski definition) is 1. The van der Waals surface area contributed by atoms with Crippen molar-refractivity contribution in [2.24, 2.45) is 0 Å². The molecule has 0 saturated heterocycles. The number of anilines is 1. The van der Waals surface area contributed by atoms with Gasteiger partial charge in [0.05, 0.1) is 5.69 Å². The van der Waals surface area contributed by atoms with Crippen LogP contribution in [0.1, 0.15) is 17.2 Å². The zero-order valence-electron chi connectivity index (χ0n) is 9.73. The van der Waals surface area contributed by atoms with Crippen molar-refractivity contribution in [1.29, 1.82) is 0 Å². The molecule has 0 atom stereocenters. The van der Waals surface area contributed by atoms with Gasteiger partial charge in [-0.1, -0.05) is 0 Å². The fraction of sp³-hybridized carbons (Fsp3) is 0.364. The van der Waals surface area contributed by atoms with E-state index in [2.05, 4.69) is 20.4 Å². The standard InChI is InChI=1S/C11H15N5/c1-8-4-5-16(15-8)7-11-13-9(2)6-10(12-3)14-11/h4-6H,7H2,1-3H3,(H,12,13,14). The fourth-order valence-electron chi connectivity index (χ4n) is 1.52. The second-order valence-electron chi connectivity index (χ2n) is 3.72. The van der Waals surface area contributed by atoms with Crippen LogP contribution in [0.3, 0.4) is 0 Å². The summed E-state index contributed by atoms with van der Waals surface area (Å²) in [6, 6.07) is 3.88. The Kier molecular flexibility index (Phi) is 2.85. The van der Waals surface area contributed by atoms with E-state index in [9.17, 15) is 0 Å². The van der Waals surface area contributed by atoms with Crippen LogP contribution in [-0.2, 0) is 6.54 Å². The highest BCUT2D eigenvalue weighted by atomic mass is 15.3. The molecule has 2 aromatic heterocycles. The van der Waals surface area contributed by atoms with Gasteiger partial charge in [-0.2, -0.15) is 5.10 Å². The fourth-order valence-corrected chi connectivity index (χ4v) is 1.52. The van der Waals surface area contributed by atoms with E-state index in [-0.39, 0.29) is 0 Å². The molecule has 5 heteroatoms. The Labute approximate surface area is 94.5 Å². The van der Waals surface area contributed by atoms with E-state index in [4.69, 9.17) is 0 Å². The average molecular weight is 217 g/mol.